The van der Waals surface area contributed by atoms with Gasteiger partial charge in [-0.1, -0.05) is 24.3 Å². The molecule has 4 rings (SSSR count). The quantitative estimate of drug-likeness (QED) is 0.524. The molecule has 0 saturated carbocycles. The monoisotopic (exact) mass is 389 g/mol. The van der Waals surface area contributed by atoms with Gasteiger partial charge in [-0.05, 0) is 36.2 Å². The van der Waals surface area contributed by atoms with Crippen LogP contribution in [0, 0.1) is 6.92 Å². The first-order valence-electron chi connectivity index (χ1n) is 9.49. The molecule has 0 aliphatic heterocycles. The Labute approximate surface area is 168 Å². The highest BCUT2D eigenvalue weighted by Crippen LogP contribution is 2.20. The summed E-state index contributed by atoms with van der Waals surface area (Å²) in [6, 6.07) is 14.0. The largest absolute Gasteiger partial charge is 0.497 e. The maximum absolute atomic E-state index is 12.4. The van der Waals surface area contributed by atoms with Crippen LogP contribution >= 0.6 is 0 Å². The molecule has 148 valence electrons. The lowest BCUT2D eigenvalue weighted by Crippen LogP contribution is -2.14. The summed E-state index contributed by atoms with van der Waals surface area (Å²) in [6.07, 6.45) is 5.63. The standard InChI is InChI=1S/C22H23N5O2/c1-16-5-3-4-6-17(16)14-26-15-19(13-23-26)25-22(28)9-10-27-21-8-7-20(29-2)11-18(21)12-24-27/h3-8,11-13,15H,9-10,14H2,1-2H3,(H,25,28). The summed E-state index contributed by atoms with van der Waals surface area (Å²) in [6.45, 7) is 3.25. The fraction of sp³-hybridized carbons (Fsp3) is 0.227. The topological polar surface area (TPSA) is 74.0 Å². The number of aryl methyl sites for hydroxylation is 2. The fourth-order valence-corrected chi connectivity index (χ4v) is 3.28. The molecule has 29 heavy (non-hydrogen) atoms. The number of aromatic nitrogens is 4. The molecule has 2 aromatic carbocycles. The number of hydrogen-bond acceptors (Lipinski definition) is 4. The van der Waals surface area contributed by atoms with Gasteiger partial charge in [-0.15, -0.1) is 0 Å². The molecule has 4 aromatic rings. The molecular formula is C22H23N5O2. The van der Waals surface area contributed by atoms with Crippen LogP contribution in [-0.2, 0) is 17.9 Å². The highest BCUT2D eigenvalue weighted by Gasteiger charge is 2.09. The first-order chi connectivity index (χ1) is 14.1. The van der Waals surface area contributed by atoms with Crippen molar-refractivity contribution < 1.29 is 9.53 Å². The maximum atomic E-state index is 12.4. The number of methoxy groups -OCH3 is 1. The van der Waals surface area contributed by atoms with Crippen LogP contribution in [0.3, 0.4) is 0 Å². The zero-order valence-corrected chi connectivity index (χ0v) is 16.5. The van der Waals surface area contributed by atoms with E-state index in [-0.39, 0.29) is 5.91 Å². The molecule has 1 amide bonds. The van der Waals surface area contributed by atoms with E-state index < -0.39 is 0 Å². The van der Waals surface area contributed by atoms with Crippen LogP contribution in [-0.4, -0.2) is 32.6 Å². The van der Waals surface area contributed by atoms with Crippen molar-refractivity contribution in [2.75, 3.05) is 12.4 Å². The van der Waals surface area contributed by atoms with E-state index in [0.717, 1.165) is 16.7 Å². The summed E-state index contributed by atoms with van der Waals surface area (Å²) >= 11 is 0. The van der Waals surface area contributed by atoms with Crippen LogP contribution in [0.25, 0.3) is 10.9 Å². The Balaban J connectivity index is 1.35. The van der Waals surface area contributed by atoms with Gasteiger partial charge in [0.05, 0.1) is 43.8 Å². The second-order valence-corrected chi connectivity index (χ2v) is 6.94. The maximum Gasteiger partial charge on any atom is 0.226 e. The van der Waals surface area contributed by atoms with E-state index >= 15 is 0 Å². The molecular weight excluding hydrogens is 366 g/mol. The molecule has 0 spiro atoms. The predicted octanol–water partition coefficient (Wildman–Crippen LogP) is 3.63. The van der Waals surface area contributed by atoms with Crippen LogP contribution in [0.2, 0.25) is 0 Å². The summed E-state index contributed by atoms with van der Waals surface area (Å²) in [5, 5.41) is 12.6. The van der Waals surface area contributed by atoms with Crippen molar-refractivity contribution >= 4 is 22.5 Å². The van der Waals surface area contributed by atoms with E-state index in [4.69, 9.17) is 4.74 Å². The van der Waals surface area contributed by atoms with Gasteiger partial charge in [0.1, 0.15) is 5.75 Å². The third-order valence-corrected chi connectivity index (χ3v) is 4.91. The highest BCUT2D eigenvalue weighted by molar-refractivity contribution is 5.90. The summed E-state index contributed by atoms with van der Waals surface area (Å²) in [7, 11) is 1.64. The zero-order valence-electron chi connectivity index (χ0n) is 16.5. The van der Waals surface area contributed by atoms with Crippen LogP contribution in [0.15, 0.2) is 61.1 Å². The van der Waals surface area contributed by atoms with Crippen LogP contribution in [0.4, 0.5) is 5.69 Å². The molecule has 2 aromatic heterocycles. The van der Waals surface area contributed by atoms with Gasteiger partial charge in [0.15, 0.2) is 0 Å². The number of hydrogen-bond donors (Lipinski definition) is 1. The summed E-state index contributed by atoms with van der Waals surface area (Å²) in [4.78, 5) is 12.4. The number of ether oxygens (including phenoxy) is 1. The molecule has 0 aliphatic carbocycles. The van der Waals surface area contributed by atoms with E-state index in [1.807, 2.05) is 45.9 Å². The smallest absolute Gasteiger partial charge is 0.226 e. The molecule has 0 radical (unpaired) electrons. The zero-order chi connectivity index (χ0) is 20.2. The number of rotatable bonds is 7. The molecule has 7 heteroatoms. The van der Waals surface area contributed by atoms with Crippen LogP contribution in [0.1, 0.15) is 17.5 Å². The van der Waals surface area contributed by atoms with Gasteiger partial charge in [-0.3, -0.25) is 14.2 Å². The number of fused-ring (bicyclic) bond motifs is 1. The number of carbonyl (C=O) groups is 1. The number of benzene rings is 2. The molecule has 0 saturated heterocycles. The molecule has 1 N–H and O–H groups in total. The van der Waals surface area contributed by atoms with E-state index in [1.165, 1.54) is 11.1 Å². The number of amides is 1. The van der Waals surface area contributed by atoms with Gasteiger partial charge in [0, 0.05) is 18.0 Å². The Morgan fingerprint density at radius 2 is 2.00 bits per heavy atom. The van der Waals surface area contributed by atoms with Gasteiger partial charge in [-0.2, -0.15) is 10.2 Å². The van der Waals surface area contributed by atoms with Gasteiger partial charge in [-0.25, -0.2) is 0 Å². The lowest BCUT2D eigenvalue weighted by molar-refractivity contribution is -0.116. The Morgan fingerprint density at radius 1 is 1.14 bits per heavy atom. The normalized spacial score (nSPS) is 11.0. The number of nitrogens with one attached hydrogen (secondary N) is 1. The predicted molar refractivity (Wildman–Crippen MR) is 112 cm³/mol. The average Bonchev–Trinajstić information content (AvgIpc) is 3.34. The van der Waals surface area contributed by atoms with E-state index in [0.29, 0.717) is 25.2 Å². The SMILES string of the molecule is COc1ccc2c(cnn2CCC(=O)Nc2cnn(Cc3ccccc3C)c2)c1. The first-order valence-corrected chi connectivity index (χ1v) is 9.49. The van der Waals surface area contributed by atoms with Crippen molar-refractivity contribution in [3.05, 3.63) is 72.2 Å². The minimum absolute atomic E-state index is 0.0717. The molecule has 0 aliphatic rings. The Hall–Kier alpha value is -3.61. The Bertz CT molecular complexity index is 1150. The van der Waals surface area contributed by atoms with Gasteiger partial charge in [0.25, 0.3) is 0 Å². The molecule has 0 fully saturated rings. The van der Waals surface area contributed by atoms with Crippen molar-refractivity contribution in [1.82, 2.24) is 19.6 Å². The van der Waals surface area contributed by atoms with Crippen molar-refractivity contribution in [2.45, 2.75) is 26.4 Å². The number of nitrogens with zero attached hydrogens (tertiary/aromatic N) is 4. The van der Waals surface area contributed by atoms with Gasteiger partial charge in [0.2, 0.25) is 5.91 Å². The Kier molecular flexibility index (Phi) is 5.29. The molecule has 2 heterocycles. The van der Waals surface area contributed by atoms with Crippen LogP contribution in [0.5, 0.6) is 5.75 Å². The van der Waals surface area contributed by atoms with E-state index in [2.05, 4.69) is 34.6 Å². The first kappa shape index (κ1) is 18.7. The third-order valence-electron chi connectivity index (χ3n) is 4.91. The Morgan fingerprint density at radius 3 is 2.83 bits per heavy atom. The van der Waals surface area contributed by atoms with E-state index in [9.17, 15) is 4.79 Å². The second-order valence-electron chi connectivity index (χ2n) is 6.94. The molecule has 7 nitrogen and oxygen atoms in total. The van der Waals surface area contributed by atoms with Crippen molar-refractivity contribution in [3.8, 4) is 5.75 Å². The van der Waals surface area contributed by atoms with Gasteiger partial charge >= 0.3 is 0 Å². The summed E-state index contributed by atoms with van der Waals surface area (Å²) in [5.74, 6) is 0.718. The summed E-state index contributed by atoms with van der Waals surface area (Å²) < 4.78 is 8.89. The lowest BCUT2D eigenvalue weighted by Gasteiger charge is -2.06. The van der Waals surface area contributed by atoms with Gasteiger partial charge < -0.3 is 10.1 Å². The fourth-order valence-electron chi connectivity index (χ4n) is 3.28. The van der Waals surface area contributed by atoms with Crippen molar-refractivity contribution in [2.24, 2.45) is 0 Å². The van der Waals surface area contributed by atoms with E-state index in [1.54, 1.807) is 19.5 Å². The van der Waals surface area contributed by atoms with Crippen molar-refractivity contribution in [1.29, 1.82) is 0 Å². The highest BCUT2D eigenvalue weighted by atomic mass is 16.5. The second kappa shape index (κ2) is 8.18. The minimum atomic E-state index is -0.0717. The third kappa shape index (κ3) is 4.29. The number of anilines is 1. The molecule has 0 unspecified atom stereocenters. The number of carbonyl (C=O) groups excluding carboxylic acids is 1. The average molecular weight is 389 g/mol. The minimum Gasteiger partial charge on any atom is -0.497 e. The van der Waals surface area contributed by atoms with Crippen molar-refractivity contribution in [3.63, 3.8) is 0 Å². The lowest BCUT2D eigenvalue weighted by atomic mass is 10.1. The molecule has 0 bridgehead atoms. The summed E-state index contributed by atoms with van der Waals surface area (Å²) in [5.41, 5.74) is 4.09. The molecule has 0 atom stereocenters. The van der Waals surface area contributed by atoms with Crippen LogP contribution < -0.4 is 10.1 Å².